The molecule has 0 saturated carbocycles. The molecular weight excluding hydrogens is 294 g/mol. The van der Waals surface area contributed by atoms with Crippen molar-refractivity contribution in [3.05, 3.63) is 56.4 Å². The summed E-state index contributed by atoms with van der Waals surface area (Å²) in [6.45, 7) is 2.34. The topological polar surface area (TPSA) is 60.9 Å². The molecule has 0 amide bonds. The fraction of sp³-hybridized carbons (Fsp3) is 0.143. The van der Waals surface area contributed by atoms with Gasteiger partial charge in [-0.3, -0.25) is 9.36 Å². The van der Waals surface area contributed by atoms with E-state index in [0.717, 1.165) is 16.6 Å². The van der Waals surface area contributed by atoms with Crippen LogP contribution in [-0.4, -0.2) is 9.55 Å². The molecule has 0 aliphatic carbocycles. The number of nitrogens with two attached hydrogens (primary N) is 1. The maximum atomic E-state index is 12.4. The van der Waals surface area contributed by atoms with Crippen LogP contribution in [0.15, 0.2) is 34.7 Å². The number of rotatable bonds is 2. The molecule has 20 heavy (non-hydrogen) atoms. The number of nitrogens with zero attached hydrogens (tertiary/aromatic N) is 2. The summed E-state index contributed by atoms with van der Waals surface area (Å²) < 4.78 is 2.25. The largest absolute Gasteiger partial charge is 0.398 e. The second kappa shape index (κ2) is 4.92. The first kappa shape index (κ1) is 13.1. The number of halogens is 1. The SMILES string of the molecule is Cc1csc2c(=O)n(Cc3ccc(Cl)cc3N)cnc12. The molecule has 0 unspecified atom stereocenters. The predicted molar refractivity (Wildman–Crippen MR) is 83.6 cm³/mol. The van der Waals surface area contributed by atoms with Gasteiger partial charge in [-0.05, 0) is 35.6 Å². The molecule has 2 N–H and O–H groups in total. The molecule has 0 atom stereocenters. The van der Waals surface area contributed by atoms with Gasteiger partial charge in [0.25, 0.3) is 5.56 Å². The Hall–Kier alpha value is -1.85. The van der Waals surface area contributed by atoms with Gasteiger partial charge in [0, 0.05) is 10.7 Å². The highest BCUT2D eigenvalue weighted by Crippen LogP contribution is 2.21. The van der Waals surface area contributed by atoms with Crippen molar-refractivity contribution in [2.75, 3.05) is 5.73 Å². The molecule has 3 aromatic rings. The zero-order valence-electron chi connectivity index (χ0n) is 10.8. The van der Waals surface area contributed by atoms with Crippen LogP contribution in [-0.2, 0) is 6.54 Å². The number of fused-ring (bicyclic) bond motifs is 1. The first-order chi connectivity index (χ1) is 9.56. The van der Waals surface area contributed by atoms with E-state index < -0.39 is 0 Å². The van der Waals surface area contributed by atoms with Gasteiger partial charge >= 0.3 is 0 Å². The van der Waals surface area contributed by atoms with E-state index in [-0.39, 0.29) is 5.56 Å². The highest BCUT2D eigenvalue weighted by Gasteiger charge is 2.09. The van der Waals surface area contributed by atoms with Gasteiger partial charge in [-0.25, -0.2) is 4.98 Å². The van der Waals surface area contributed by atoms with Gasteiger partial charge in [0.1, 0.15) is 4.70 Å². The molecule has 0 aliphatic rings. The number of hydrogen-bond donors (Lipinski definition) is 1. The third-order valence-corrected chi connectivity index (χ3v) is 4.48. The van der Waals surface area contributed by atoms with E-state index in [1.807, 2.05) is 18.4 Å². The van der Waals surface area contributed by atoms with Crippen LogP contribution < -0.4 is 11.3 Å². The minimum Gasteiger partial charge on any atom is -0.398 e. The van der Waals surface area contributed by atoms with Gasteiger partial charge < -0.3 is 5.73 Å². The Morgan fingerprint density at radius 3 is 3.00 bits per heavy atom. The first-order valence-electron chi connectivity index (χ1n) is 6.03. The molecule has 0 spiro atoms. The Labute approximate surface area is 124 Å². The molecule has 0 fully saturated rings. The average molecular weight is 306 g/mol. The average Bonchev–Trinajstić information content (AvgIpc) is 2.78. The summed E-state index contributed by atoms with van der Waals surface area (Å²) in [5.74, 6) is 0. The summed E-state index contributed by atoms with van der Waals surface area (Å²) in [5, 5.41) is 2.53. The summed E-state index contributed by atoms with van der Waals surface area (Å²) in [6.07, 6.45) is 1.57. The molecule has 1 aromatic carbocycles. The summed E-state index contributed by atoms with van der Waals surface area (Å²) in [7, 11) is 0. The van der Waals surface area contributed by atoms with Crippen molar-refractivity contribution in [1.82, 2.24) is 9.55 Å². The van der Waals surface area contributed by atoms with Crippen LogP contribution >= 0.6 is 22.9 Å². The monoisotopic (exact) mass is 305 g/mol. The minimum absolute atomic E-state index is 0.0394. The molecule has 6 heteroatoms. The fourth-order valence-corrected chi connectivity index (χ4v) is 3.20. The first-order valence-corrected chi connectivity index (χ1v) is 7.29. The lowest BCUT2D eigenvalue weighted by Gasteiger charge is -2.08. The lowest BCUT2D eigenvalue weighted by molar-refractivity contribution is 0.751. The number of hydrogen-bond acceptors (Lipinski definition) is 4. The number of nitrogen functional groups attached to an aromatic ring is 1. The third-order valence-electron chi connectivity index (χ3n) is 3.17. The van der Waals surface area contributed by atoms with E-state index in [1.54, 1.807) is 23.0 Å². The fourth-order valence-electron chi connectivity index (χ4n) is 2.07. The third kappa shape index (κ3) is 2.19. The molecule has 0 aliphatic heterocycles. The summed E-state index contributed by atoms with van der Waals surface area (Å²) >= 11 is 7.30. The van der Waals surface area contributed by atoms with E-state index in [2.05, 4.69) is 4.98 Å². The van der Waals surface area contributed by atoms with Gasteiger partial charge in [-0.15, -0.1) is 11.3 Å². The zero-order chi connectivity index (χ0) is 14.3. The van der Waals surface area contributed by atoms with Crippen LogP contribution in [0.1, 0.15) is 11.1 Å². The van der Waals surface area contributed by atoms with E-state index in [0.29, 0.717) is 22.0 Å². The van der Waals surface area contributed by atoms with E-state index in [1.165, 1.54) is 11.3 Å². The number of thiophene rings is 1. The Bertz CT molecular complexity index is 853. The molecule has 3 rings (SSSR count). The number of benzene rings is 1. The van der Waals surface area contributed by atoms with Crippen molar-refractivity contribution in [2.45, 2.75) is 13.5 Å². The van der Waals surface area contributed by atoms with E-state index in [9.17, 15) is 4.79 Å². The molecule has 2 aromatic heterocycles. The molecular formula is C14H12ClN3OS. The van der Waals surface area contributed by atoms with Crippen molar-refractivity contribution < 1.29 is 0 Å². The van der Waals surface area contributed by atoms with Crippen LogP contribution in [0.5, 0.6) is 0 Å². The molecule has 2 heterocycles. The van der Waals surface area contributed by atoms with Gasteiger partial charge in [0.2, 0.25) is 0 Å². The van der Waals surface area contributed by atoms with Gasteiger partial charge in [0.05, 0.1) is 18.4 Å². The van der Waals surface area contributed by atoms with E-state index >= 15 is 0 Å². The van der Waals surface area contributed by atoms with Crippen LogP contribution in [0.25, 0.3) is 10.2 Å². The number of aryl methyl sites for hydroxylation is 1. The Morgan fingerprint density at radius 2 is 2.25 bits per heavy atom. The maximum Gasteiger partial charge on any atom is 0.271 e. The molecule has 4 nitrogen and oxygen atoms in total. The van der Waals surface area contributed by atoms with Gasteiger partial charge in [-0.2, -0.15) is 0 Å². The lowest BCUT2D eigenvalue weighted by Crippen LogP contribution is -2.20. The van der Waals surface area contributed by atoms with Crippen molar-refractivity contribution in [2.24, 2.45) is 0 Å². The normalized spacial score (nSPS) is 11.1. The minimum atomic E-state index is -0.0394. The highest BCUT2D eigenvalue weighted by atomic mass is 35.5. The van der Waals surface area contributed by atoms with Crippen LogP contribution in [0.2, 0.25) is 5.02 Å². The number of aromatic nitrogens is 2. The number of anilines is 1. The zero-order valence-corrected chi connectivity index (χ0v) is 12.3. The molecule has 0 saturated heterocycles. The quantitative estimate of drug-likeness (QED) is 0.740. The Kier molecular flexibility index (Phi) is 3.23. The van der Waals surface area contributed by atoms with Crippen LogP contribution in [0.4, 0.5) is 5.69 Å². The van der Waals surface area contributed by atoms with Gasteiger partial charge in [-0.1, -0.05) is 17.7 Å². The second-order valence-corrected chi connectivity index (χ2v) is 5.93. The van der Waals surface area contributed by atoms with Crippen LogP contribution in [0, 0.1) is 6.92 Å². The van der Waals surface area contributed by atoms with Crippen molar-refractivity contribution in [3.63, 3.8) is 0 Å². The molecule has 0 radical (unpaired) electrons. The summed E-state index contributed by atoms with van der Waals surface area (Å²) in [4.78, 5) is 16.7. The summed E-state index contributed by atoms with van der Waals surface area (Å²) in [5.41, 5.74) is 9.11. The van der Waals surface area contributed by atoms with E-state index in [4.69, 9.17) is 17.3 Å². The summed E-state index contributed by atoms with van der Waals surface area (Å²) in [6, 6.07) is 5.27. The standard InChI is InChI=1S/C14H12ClN3OS/c1-8-6-20-13-12(8)17-7-18(14(13)19)5-9-2-3-10(15)4-11(9)16/h2-4,6-7H,5,16H2,1H3. The Balaban J connectivity index is 2.07. The predicted octanol–water partition coefficient (Wildman–Crippen LogP) is 3.05. The van der Waals surface area contributed by atoms with Crippen LogP contribution in [0.3, 0.4) is 0 Å². The lowest BCUT2D eigenvalue weighted by atomic mass is 10.2. The van der Waals surface area contributed by atoms with Crippen molar-refractivity contribution in [3.8, 4) is 0 Å². The Morgan fingerprint density at radius 1 is 1.45 bits per heavy atom. The smallest absolute Gasteiger partial charge is 0.271 e. The highest BCUT2D eigenvalue weighted by molar-refractivity contribution is 7.17. The maximum absolute atomic E-state index is 12.4. The van der Waals surface area contributed by atoms with Crippen molar-refractivity contribution >= 4 is 38.8 Å². The molecule has 0 bridgehead atoms. The second-order valence-electron chi connectivity index (χ2n) is 4.62. The van der Waals surface area contributed by atoms with Gasteiger partial charge in [0.15, 0.2) is 0 Å². The van der Waals surface area contributed by atoms with Crippen molar-refractivity contribution in [1.29, 1.82) is 0 Å². The molecule has 102 valence electrons.